The Morgan fingerprint density at radius 2 is 1.90 bits per heavy atom. The molecule has 0 saturated heterocycles. The summed E-state index contributed by atoms with van der Waals surface area (Å²) in [5.74, 6) is 1.57. The molecule has 0 aliphatic heterocycles. The van der Waals surface area contributed by atoms with E-state index < -0.39 is 0 Å². The van der Waals surface area contributed by atoms with Crippen LogP contribution < -0.4 is 10.1 Å². The molecule has 1 saturated carbocycles. The van der Waals surface area contributed by atoms with Crippen molar-refractivity contribution in [1.29, 1.82) is 0 Å². The highest BCUT2D eigenvalue weighted by atomic mass is 79.9. The molecule has 3 rings (SSSR count). The van der Waals surface area contributed by atoms with Gasteiger partial charge < -0.3 is 10.1 Å². The molecular formula is C16H17BrN2O. The zero-order chi connectivity index (χ0) is 13.9. The van der Waals surface area contributed by atoms with E-state index in [4.69, 9.17) is 4.74 Å². The summed E-state index contributed by atoms with van der Waals surface area (Å²) in [6.07, 6.45) is 4.20. The van der Waals surface area contributed by atoms with E-state index in [-0.39, 0.29) is 0 Å². The monoisotopic (exact) mass is 332 g/mol. The summed E-state index contributed by atoms with van der Waals surface area (Å²) >= 11 is 3.35. The molecule has 20 heavy (non-hydrogen) atoms. The van der Waals surface area contributed by atoms with Crippen molar-refractivity contribution in [2.45, 2.75) is 24.8 Å². The van der Waals surface area contributed by atoms with E-state index in [2.05, 4.69) is 44.4 Å². The van der Waals surface area contributed by atoms with Gasteiger partial charge in [-0.25, -0.2) is 4.98 Å². The Balaban J connectivity index is 1.54. The number of anilines is 1. The van der Waals surface area contributed by atoms with E-state index in [0.29, 0.717) is 12.0 Å². The van der Waals surface area contributed by atoms with Crippen LogP contribution in [0.5, 0.6) is 5.75 Å². The Kier molecular flexibility index (Phi) is 3.92. The maximum absolute atomic E-state index is 5.19. The third kappa shape index (κ3) is 2.96. The zero-order valence-electron chi connectivity index (χ0n) is 11.3. The molecule has 0 radical (unpaired) electrons. The van der Waals surface area contributed by atoms with Gasteiger partial charge in [-0.3, -0.25) is 0 Å². The van der Waals surface area contributed by atoms with Crippen LogP contribution in [-0.4, -0.2) is 18.1 Å². The van der Waals surface area contributed by atoms with Crippen molar-refractivity contribution >= 4 is 21.6 Å². The van der Waals surface area contributed by atoms with E-state index >= 15 is 0 Å². The molecule has 1 fully saturated rings. The minimum absolute atomic E-state index is 0.546. The van der Waals surface area contributed by atoms with Gasteiger partial charge in [0.1, 0.15) is 10.4 Å². The maximum atomic E-state index is 5.19. The van der Waals surface area contributed by atoms with Crippen LogP contribution in [0.15, 0.2) is 47.2 Å². The van der Waals surface area contributed by atoms with Crippen LogP contribution in [0.25, 0.3) is 0 Å². The Bertz CT molecular complexity index is 562. The zero-order valence-corrected chi connectivity index (χ0v) is 12.9. The Labute approximate surface area is 127 Å². The van der Waals surface area contributed by atoms with Crippen molar-refractivity contribution in [3.63, 3.8) is 0 Å². The normalized spacial score (nSPS) is 21.1. The summed E-state index contributed by atoms with van der Waals surface area (Å²) in [4.78, 5) is 4.23. The molecule has 1 aliphatic carbocycles. The minimum Gasteiger partial charge on any atom is -0.497 e. The average Bonchev–Trinajstić information content (AvgIpc) is 2.45. The average molecular weight is 333 g/mol. The fraction of sp³-hybridized carbons (Fsp3) is 0.312. The van der Waals surface area contributed by atoms with Crippen LogP contribution in [0.4, 0.5) is 5.69 Å². The smallest absolute Gasteiger partial charge is 0.118 e. The van der Waals surface area contributed by atoms with Crippen LogP contribution in [-0.2, 0) is 0 Å². The number of methoxy groups -OCH3 is 1. The second kappa shape index (κ2) is 5.83. The Morgan fingerprint density at radius 1 is 1.15 bits per heavy atom. The number of nitrogens with zero attached hydrogens (tertiary/aromatic N) is 1. The Morgan fingerprint density at radius 3 is 2.50 bits per heavy atom. The summed E-state index contributed by atoms with van der Waals surface area (Å²) in [5, 5.41) is 3.52. The number of aromatic nitrogens is 1. The number of hydrogen-bond acceptors (Lipinski definition) is 3. The van der Waals surface area contributed by atoms with Crippen LogP contribution in [0, 0.1) is 0 Å². The number of hydrogen-bond donors (Lipinski definition) is 1. The minimum atomic E-state index is 0.546. The molecule has 1 aromatic carbocycles. The molecule has 0 atom stereocenters. The highest BCUT2D eigenvalue weighted by Gasteiger charge is 2.30. The second-order valence-corrected chi connectivity index (χ2v) is 5.96. The lowest BCUT2D eigenvalue weighted by atomic mass is 9.76. The van der Waals surface area contributed by atoms with Crippen LogP contribution in [0.2, 0.25) is 0 Å². The van der Waals surface area contributed by atoms with Crippen molar-refractivity contribution in [2.24, 2.45) is 0 Å². The largest absolute Gasteiger partial charge is 0.497 e. The van der Waals surface area contributed by atoms with Crippen molar-refractivity contribution in [3.05, 3.63) is 52.8 Å². The van der Waals surface area contributed by atoms with Crippen molar-refractivity contribution in [2.75, 3.05) is 12.4 Å². The number of ether oxygens (including phenoxy) is 1. The molecule has 0 unspecified atom stereocenters. The molecule has 0 amide bonds. The number of nitrogens with one attached hydrogen (secondary N) is 1. The van der Waals surface area contributed by atoms with Gasteiger partial charge in [0, 0.05) is 6.04 Å². The summed E-state index contributed by atoms with van der Waals surface area (Å²) in [7, 11) is 1.70. The Hall–Kier alpha value is -1.55. The topological polar surface area (TPSA) is 34.1 Å². The number of rotatable bonds is 4. The predicted octanol–water partition coefficient (Wildman–Crippen LogP) is 4.21. The van der Waals surface area contributed by atoms with Gasteiger partial charge in [0.25, 0.3) is 0 Å². The van der Waals surface area contributed by atoms with Gasteiger partial charge in [-0.1, -0.05) is 12.1 Å². The maximum Gasteiger partial charge on any atom is 0.118 e. The quantitative estimate of drug-likeness (QED) is 0.851. The summed E-state index contributed by atoms with van der Waals surface area (Å²) in [5.41, 5.74) is 2.49. The van der Waals surface area contributed by atoms with E-state index in [0.717, 1.165) is 16.0 Å². The lowest BCUT2D eigenvalue weighted by Gasteiger charge is -2.36. The van der Waals surface area contributed by atoms with Gasteiger partial charge in [0.05, 0.1) is 19.0 Å². The first-order chi connectivity index (χ1) is 9.74. The molecule has 1 aliphatic rings. The number of halogens is 1. The van der Waals surface area contributed by atoms with Gasteiger partial charge >= 0.3 is 0 Å². The molecule has 1 heterocycles. The van der Waals surface area contributed by atoms with E-state index in [1.807, 2.05) is 24.4 Å². The molecule has 4 heteroatoms. The lowest BCUT2D eigenvalue weighted by Crippen LogP contribution is -2.33. The first kappa shape index (κ1) is 13.4. The van der Waals surface area contributed by atoms with E-state index in [1.54, 1.807) is 7.11 Å². The standard InChI is InChI=1S/C16H17BrN2O/c1-20-15-5-2-11(3-6-15)12-8-14(9-12)19-13-4-7-16(17)18-10-13/h2-7,10,12,14,19H,8-9H2,1H3. The molecular weight excluding hydrogens is 316 g/mol. The summed E-state index contributed by atoms with van der Waals surface area (Å²) in [6, 6.07) is 13.0. The summed E-state index contributed by atoms with van der Waals surface area (Å²) < 4.78 is 6.06. The van der Waals surface area contributed by atoms with Crippen molar-refractivity contribution in [1.82, 2.24) is 4.98 Å². The molecule has 1 N–H and O–H groups in total. The molecule has 2 aromatic rings. The first-order valence-electron chi connectivity index (χ1n) is 6.76. The predicted molar refractivity (Wildman–Crippen MR) is 84.3 cm³/mol. The van der Waals surface area contributed by atoms with Gasteiger partial charge in [0.15, 0.2) is 0 Å². The third-order valence-corrected chi connectivity index (χ3v) is 4.29. The highest BCUT2D eigenvalue weighted by molar-refractivity contribution is 9.10. The van der Waals surface area contributed by atoms with Gasteiger partial charge in [0.2, 0.25) is 0 Å². The van der Waals surface area contributed by atoms with E-state index in [1.165, 1.54) is 18.4 Å². The van der Waals surface area contributed by atoms with Crippen molar-refractivity contribution < 1.29 is 4.74 Å². The molecule has 0 spiro atoms. The summed E-state index contributed by atoms with van der Waals surface area (Å²) in [6.45, 7) is 0. The fourth-order valence-electron chi connectivity index (χ4n) is 2.58. The van der Waals surface area contributed by atoms with E-state index in [9.17, 15) is 0 Å². The molecule has 0 bridgehead atoms. The van der Waals surface area contributed by atoms with Gasteiger partial charge in [-0.2, -0.15) is 0 Å². The van der Waals surface area contributed by atoms with Crippen LogP contribution >= 0.6 is 15.9 Å². The fourth-order valence-corrected chi connectivity index (χ4v) is 2.82. The van der Waals surface area contributed by atoms with Crippen molar-refractivity contribution in [3.8, 4) is 5.75 Å². The van der Waals surface area contributed by atoms with Gasteiger partial charge in [-0.05, 0) is 64.5 Å². The first-order valence-corrected chi connectivity index (χ1v) is 7.56. The van der Waals surface area contributed by atoms with Gasteiger partial charge in [-0.15, -0.1) is 0 Å². The third-order valence-electron chi connectivity index (χ3n) is 3.82. The molecule has 104 valence electrons. The molecule has 1 aromatic heterocycles. The number of benzene rings is 1. The molecule has 3 nitrogen and oxygen atoms in total. The lowest BCUT2D eigenvalue weighted by molar-refractivity contribution is 0.373. The SMILES string of the molecule is COc1ccc(C2CC(Nc3ccc(Br)nc3)C2)cc1. The number of pyridine rings is 1. The van der Waals surface area contributed by atoms with Crippen LogP contribution in [0.3, 0.4) is 0 Å². The second-order valence-electron chi connectivity index (χ2n) is 5.15. The highest BCUT2D eigenvalue weighted by Crippen LogP contribution is 2.38. The van der Waals surface area contributed by atoms with Crippen LogP contribution in [0.1, 0.15) is 24.3 Å².